The van der Waals surface area contributed by atoms with Crippen LogP contribution in [-0.2, 0) is 14.3 Å². The minimum atomic E-state index is -0.920. The maximum Gasteiger partial charge on any atom is 0.317 e. The Morgan fingerprint density at radius 2 is 1.95 bits per heavy atom. The SMILES string of the molecule is CN(C(=O)NCC1CCOCC1)C1COCC1C(=O)O. The molecule has 0 saturated carbocycles. The molecule has 0 aliphatic carbocycles. The molecule has 0 bridgehead atoms. The molecule has 20 heavy (non-hydrogen) atoms. The van der Waals surface area contributed by atoms with Gasteiger partial charge in [-0.3, -0.25) is 4.79 Å². The average molecular weight is 286 g/mol. The van der Waals surface area contributed by atoms with Crippen molar-refractivity contribution in [2.75, 3.05) is 40.0 Å². The number of urea groups is 1. The van der Waals surface area contributed by atoms with Crippen LogP contribution in [0.5, 0.6) is 0 Å². The Morgan fingerprint density at radius 1 is 1.25 bits per heavy atom. The number of nitrogens with zero attached hydrogens (tertiary/aromatic N) is 1. The number of carbonyl (C=O) groups excluding carboxylic acids is 1. The van der Waals surface area contributed by atoms with Gasteiger partial charge in [0.1, 0.15) is 5.92 Å². The second-order valence-electron chi connectivity index (χ2n) is 5.40. The summed E-state index contributed by atoms with van der Waals surface area (Å²) in [6.07, 6.45) is 1.91. The van der Waals surface area contributed by atoms with Gasteiger partial charge in [-0.2, -0.15) is 0 Å². The summed E-state index contributed by atoms with van der Waals surface area (Å²) < 4.78 is 10.4. The number of hydrogen-bond donors (Lipinski definition) is 2. The number of hydrogen-bond acceptors (Lipinski definition) is 4. The van der Waals surface area contributed by atoms with Gasteiger partial charge >= 0.3 is 12.0 Å². The molecule has 114 valence electrons. The average Bonchev–Trinajstić information content (AvgIpc) is 2.94. The van der Waals surface area contributed by atoms with E-state index in [4.69, 9.17) is 14.6 Å². The predicted octanol–water partition coefficient (Wildman–Crippen LogP) is 0.154. The van der Waals surface area contributed by atoms with Crippen molar-refractivity contribution in [1.82, 2.24) is 10.2 Å². The number of likely N-dealkylation sites (N-methyl/N-ethyl adjacent to an activating group) is 1. The van der Waals surface area contributed by atoms with E-state index in [0.717, 1.165) is 26.1 Å². The highest BCUT2D eigenvalue weighted by Gasteiger charge is 2.38. The molecule has 0 aromatic carbocycles. The van der Waals surface area contributed by atoms with Crippen molar-refractivity contribution >= 4 is 12.0 Å². The lowest BCUT2D eigenvalue weighted by atomic mass is 10.0. The van der Waals surface area contributed by atoms with E-state index in [-0.39, 0.29) is 19.2 Å². The Bertz CT molecular complexity index is 357. The lowest BCUT2D eigenvalue weighted by Crippen LogP contribution is -2.49. The number of amides is 2. The summed E-state index contributed by atoms with van der Waals surface area (Å²) in [5.74, 6) is -1.12. The van der Waals surface area contributed by atoms with E-state index >= 15 is 0 Å². The van der Waals surface area contributed by atoms with Crippen LogP contribution in [0.4, 0.5) is 4.79 Å². The number of ether oxygens (including phenoxy) is 2. The fourth-order valence-corrected chi connectivity index (χ4v) is 2.62. The van der Waals surface area contributed by atoms with Crippen molar-refractivity contribution in [3.05, 3.63) is 0 Å². The first-order chi connectivity index (χ1) is 9.59. The summed E-state index contributed by atoms with van der Waals surface area (Å²) in [6, 6.07) is -0.638. The summed E-state index contributed by atoms with van der Waals surface area (Å²) in [6.45, 7) is 2.54. The minimum absolute atomic E-state index is 0.164. The van der Waals surface area contributed by atoms with Crippen molar-refractivity contribution in [1.29, 1.82) is 0 Å². The van der Waals surface area contributed by atoms with Gasteiger partial charge in [0.25, 0.3) is 0 Å². The Hall–Kier alpha value is -1.34. The topological polar surface area (TPSA) is 88.1 Å². The van der Waals surface area contributed by atoms with Crippen LogP contribution in [0.15, 0.2) is 0 Å². The van der Waals surface area contributed by atoms with E-state index in [1.165, 1.54) is 4.90 Å². The highest BCUT2D eigenvalue weighted by Crippen LogP contribution is 2.19. The second-order valence-corrected chi connectivity index (χ2v) is 5.40. The smallest absolute Gasteiger partial charge is 0.317 e. The zero-order chi connectivity index (χ0) is 14.5. The molecule has 7 heteroatoms. The van der Waals surface area contributed by atoms with Crippen LogP contribution >= 0.6 is 0 Å². The van der Waals surface area contributed by atoms with Gasteiger partial charge in [-0.1, -0.05) is 0 Å². The normalized spacial score (nSPS) is 27.2. The van der Waals surface area contributed by atoms with Crippen molar-refractivity contribution in [3.8, 4) is 0 Å². The molecule has 2 unspecified atom stereocenters. The molecule has 2 atom stereocenters. The monoisotopic (exact) mass is 286 g/mol. The molecule has 2 saturated heterocycles. The van der Waals surface area contributed by atoms with E-state index in [1.54, 1.807) is 7.05 Å². The molecule has 2 amide bonds. The van der Waals surface area contributed by atoms with Gasteiger partial charge in [-0.15, -0.1) is 0 Å². The van der Waals surface area contributed by atoms with Crippen LogP contribution in [0.3, 0.4) is 0 Å². The maximum absolute atomic E-state index is 12.1. The third-order valence-corrected chi connectivity index (χ3v) is 4.07. The summed E-state index contributed by atoms with van der Waals surface area (Å²) in [7, 11) is 1.62. The lowest BCUT2D eigenvalue weighted by Gasteiger charge is -2.28. The number of carboxylic acid groups (broad SMARTS) is 1. The van der Waals surface area contributed by atoms with Gasteiger partial charge in [0.05, 0.1) is 19.3 Å². The van der Waals surface area contributed by atoms with E-state index in [0.29, 0.717) is 12.5 Å². The summed E-state index contributed by atoms with van der Waals surface area (Å²) in [4.78, 5) is 24.6. The van der Waals surface area contributed by atoms with Crippen LogP contribution in [0.2, 0.25) is 0 Å². The first-order valence-corrected chi connectivity index (χ1v) is 6.98. The zero-order valence-electron chi connectivity index (χ0n) is 11.7. The van der Waals surface area contributed by atoms with E-state index in [1.807, 2.05) is 0 Å². The van der Waals surface area contributed by atoms with Crippen molar-refractivity contribution in [2.24, 2.45) is 11.8 Å². The molecular weight excluding hydrogens is 264 g/mol. The van der Waals surface area contributed by atoms with Crippen LogP contribution in [0.1, 0.15) is 12.8 Å². The Balaban J connectivity index is 1.80. The predicted molar refractivity (Wildman–Crippen MR) is 70.4 cm³/mol. The molecule has 0 aromatic rings. The van der Waals surface area contributed by atoms with Crippen molar-refractivity contribution in [2.45, 2.75) is 18.9 Å². The highest BCUT2D eigenvalue weighted by molar-refractivity contribution is 5.77. The number of rotatable bonds is 4. The van der Waals surface area contributed by atoms with Crippen LogP contribution < -0.4 is 5.32 Å². The van der Waals surface area contributed by atoms with Gasteiger partial charge in [0, 0.05) is 26.8 Å². The molecule has 2 rings (SSSR count). The Labute approximate surface area is 118 Å². The van der Waals surface area contributed by atoms with Crippen LogP contribution in [0, 0.1) is 11.8 Å². The van der Waals surface area contributed by atoms with Crippen molar-refractivity contribution in [3.63, 3.8) is 0 Å². The van der Waals surface area contributed by atoms with Crippen LogP contribution in [0.25, 0.3) is 0 Å². The number of aliphatic carboxylic acids is 1. The molecule has 2 N–H and O–H groups in total. The number of carboxylic acids is 1. The molecule has 2 fully saturated rings. The molecule has 0 radical (unpaired) electrons. The van der Waals surface area contributed by atoms with Gasteiger partial charge in [0.15, 0.2) is 0 Å². The van der Waals surface area contributed by atoms with E-state index in [9.17, 15) is 9.59 Å². The molecule has 0 aromatic heterocycles. The Morgan fingerprint density at radius 3 is 2.60 bits per heavy atom. The molecular formula is C13H22N2O5. The molecule has 2 aliphatic rings. The zero-order valence-corrected chi connectivity index (χ0v) is 11.7. The quantitative estimate of drug-likeness (QED) is 0.768. The van der Waals surface area contributed by atoms with Gasteiger partial charge in [0.2, 0.25) is 0 Å². The third kappa shape index (κ3) is 3.61. The standard InChI is InChI=1S/C13H22N2O5/c1-15(11-8-20-7-10(11)12(16)17)13(18)14-6-9-2-4-19-5-3-9/h9-11H,2-8H2,1H3,(H,14,18)(H,16,17). The van der Waals surface area contributed by atoms with Crippen molar-refractivity contribution < 1.29 is 24.2 Å². The summed E-state index contributed by atoms with van der Waals surface area (Å²) in [5.41, 5.74) is 0. The fourth-order valence-electron chi connectivity index (χ4n) is 2.62. The second kappa shape index (κ2) is 6.90. The summed E-state index contributed by atoms with van der Waals surface area (Å²) in [5, 5.41) is 12.0. The van der Waals surface area contributed by atoms with Gasteiger partial charge in [-0.05, 0) is 18.8 Å². The number of carbonyl (C=O) groups is 2. The molecule has 0 spiro atoms. The fraction of sp³-hybridized carbons (Fsp3) is 0.846. The maximum atomic E-state index is 12.1. The van der Waals surface area contributed by atoms with E-state index < -0.39 is 17.9 Å². The lowest BCUT2D eigenvalue weighted by molar-refractivity contribution is -0.142. The molecule has 2 heterocycles. The minimum Gasteiger partial charge on any atom is -0.481 e. The summed E-state index contributed by atoms with van der Waals surface area (Å²) >= 11 is 0. The number of nitrogens with one attached hydrogen (secondary N) is 1. The molecule has 7 nitrogen and oxygen atoms in total. The first kappa shape index (κ1) is 15.1. The first-order valence-electron chi connectivity index (χ1n) is 6.98. The Kier molecular flexibility index (Phi) is 5.19. The van der Waals surface area contributed by atoms with Gasteiger partial charge in [-0.25, -0.2) is 4.79 Å². The largest absolute Gasteiger partial charge is 0.481 e. The van der Waals surface area contributed by atoms with Gasteiger partial charge < -0.3 is 24.8 Å². The molecule has 2 aliphatic heterocycles. The third-order valence-electron chi connectivity index (χ3n) is 4.07. The highest BCUT2D eigenvalue weighted by atomic mass is 16.5. The van der Waals surface area contributed by atoms with Crippen LogP contribution in [-0.4, -0.2) is 68.1 Å². The van der Waals surface area contributed by atoms with E-state index in [2.05, 4.69) is 5.32 Å².